The Kier molecular flexibility index (Phi) is 3.10. The minimum absolute atomic E-state index is 0.736. The Morgan fingerprint density at radius 2 is 2.00 bits per heavy atom. The first-order valence-corrected chi connectivity index (χ1v) is 5.37. The normalized spacial score (nSPS) is 9.94. The van der Waals surface area contributed by atoms with Gasteiger partial charge >= 0.3 is 0 Å². The molecule has 0 spiro atoms. The number of nitrogens with zero attached hydrogens (tertiary/aromatic N) is 2. The minimum atomic E-state index is 0.736. The van der Waals surface area contributed by atoms with E-state index >= 15 is 0 Å². The quantitative estimate of drug-likeness (QED) is 0.817. The number of hydrogen-bond donors (Lipinski definition) is 1. The van der Waals surface area contributed by atoms with E-state index in [4.69, 9.17) is 5.73 Å². The first-order chi connectivity index (χ1) is 8.20. The summed E-state index contributed by atoms with van der Waals surface area (Å²) in [7, 11) is 1.95. The van der Waals surface area contributed by atoms with Gasteiger partial charge in [0.1, 0.15) is 0 Å². The Bertz CT molecular complexity index is 520. The van der Waals surface area contributed by atoms with Crippen molar-refractivity contribution in [2.24, 2.45) is 0 Å². The van der Waals surface area contributed by atoms with Crippen LogP contribution in [0.2, 0.25) is 0 Å². The highest BCUT2D eigenvalue weighted by atomic mass is 15.1. The van der Waals surface area contributed by atoms with Crippen LogP contribution in [0.15, 0.2) is 55.4 Å². The van der Waals surface area contributed by atoms with Gasteiger partial charge in [-0.2, -0.15) is 0 Å². The van der Waals surface area contributed by atoms with Crippen LogP contribution in [0.3, 0.4) is 0 Å². The van der Waals surface area contributed by atoms with Gasteiger partial charge in [-0.15, -0.1) is 0 Å². The standard InChI is InChI=1S/C14H15N3/c1-11(12-6-5-9-16-10-12)17(2)14-8-4-3-7-13(14)15/h3-10H,1,15H2,2H3. The second-order valence-corrected chi connectivity index (χ2v) is 3.81. The molecule has 0 radical (unpaired) electrons. The maximum atomic E-state index is 5.94. The number of nitrogens with two attached hydrogens (primary N) is 1. The number of nitrogen functional groups attached to an aromatic ring is 1. The van der Waals surface area contributed by atoms with Crippen LogP contribution in [0.25, 0.3) is 5.70 Å². The molecule has 0 aliphatic heterocycles. The Morgan fingerprint density at radius 3 is 2.65 bits per heavy atom. The summed E-state index contributed by atoms with van der Waals surface area (Å²) in [4.78, 5) is 6.05. The topological polar surface area (TPSA) is 42.2 Å². The third-order valence-electron chi connectivity index (χ3n) is 2.70. The monoisotopic (exact) mass is 225 g/mol. The average Bonchev–Trinajstić information content (AvgIpc) is 2.39. The molecule has 0 unspecified atom stereocenters. The summed E-state index contributed by atoms with van der Waals surface area (Å²) in [5, 5.41) is 0. The molecule has 86 valence electrons. The smallest absolute Gasteiger partial charge is 0.0641 e. The molecule has 0 saturated heterocycles. The van der Waals surface area contributed by atoms with Crippen molar-refractivity contribution >= 4 is 17.1 Å². The van der Waals surface area contributed by atoms with Crippen LogP contribution in [0, 0.1) is 0 Å². The fourth-order valence-corrected chi connectivity index (χ4v) is 1.67. The summed E-state index contributed by atoms with van der Waals surface area (Å²) < 4.78 is 0. The molecule has 1 heterocycles. The van der Waals surface area contributed by atoms with Crippen molar-refractivity contribution in [1.82, 2.24) is 4.98 Å². The SMILES string of the molecule is C=C(c1cccnc1)N(C)c1ccccc1N. The summed E-state index contributed by atoms with van der Waals surface area (Å²) in [6, 6.07) is 11.6. The Hall–Kier alpha value is -2.29. The molecule has 0 bridgehead atoms. The van der Waals surface area contributed by atoms with Gasteiger partial charge in [0.25, 0.3) is 0 Å². The van der Waals surface area contributed by atoms with Crippen molar-refractivity contribution in [3.05, 3.63) is 60.9 Å². The van der Waals surface area contributed by atoms with Crippen molar-refractivity contribution in [1.29, 1.82) is 0 Å². The third-order valence-corrected chi connectivity index (χ3v) is 2.70. The minimum Gasteiger partial charge on any atom is -0.397 e. The molecule has 0 atom stereocenters. The lowest BCUT2D eigenvalue weighted by Gasteiger charge is -2.23. The van der Waals surface area contributed by atoms with Gasteiger partial charge in [0.2, 0.25) is 0 Å². The maximum Gasteiger partial charge on any atom is 0.0641 e. The van der Waals surface area contributed by atoms with Crippen molar-refractivity contribution in [2.75, 3.05) is 17.7 Å². The molecule has 17 heavy (non-hydrogen) atoms. The predicted molar refractivity (Wildman–Crippen MR) is 72.5 cm³/mol. The molecule has 0 aliphatic rings. The number of para-hydroxylation sites is 2. The molecule has 0 amide bonds. The highest BCUT2D eigenvalue weighted by molar-refractivity contribution is 5.82. The maximum absolute atomic E-state index is 5.94. The molecule has 0 saturated carbocycles. The lowest BCUT2D eigenvalue weighted by molar-refractivity contribution is 1.21. The lowest BCUT2D eigenvalue weighted by Crippen LogP contribution is -2.16. The van der Waals surface area contributed by atoms with Gasteiger partial charge in [-0.1, -0.05) is 18.7 Å². The number of hydrogen-bond acceptors (Lipinski definition) is 3. The van der Waals surface area contributed by atoms with Crippen LogP contribution in [0.4, 0.5) is 11.4 Å². The summed E-state index contributed by atoms with van der Waals surface area (Å²) in [5.41, 5.74) is 9.48. The zero-order valence-electron chi connectivity index (χ0n) is 9.80. The van der Waals surface area contributed by atoms with Crippen molar-refractivity contribution < 1.29 is 0 Å². The number of rotatable bonds is 3. The van der Waals surface area contributed by atoms with Gasteiger partial charge in [0.05, 0.1) is 11.4 Å². The summed E-state index contributed by atoms with van der Waals surface area (Å²) in [5.74, 6) is 0. The molecule has 1 aromatic heterocycles. The summed E-state index contributed by atoms with van der Waals surface area (Å²) >= 11 is 0. The Balaban J connectivity index is 2.30. The van der Waals surface area contributed by atoms with Crippen LogP contribution < -0.4 is 10.6 Å². The van der Waals surface area contributed by atoms with Crippen LogP contribution in [-0.4, -0.2) is 12.0 Å². The lowest BCUT2D eigenvalue weighted by atomic mass is 10.2. The number of benzene rings is 1. The first-order valence-electron chi connectivity index (χ1n) is 5.37. The largest absolute Gasteiger partial charge is 0.397 e. The highest BCUT2D eigenvalue weighted by Crippen LogP contribution is 2.27. The molecular weight excluding hydrogens is 210 g/mol. The molecule has 2 N–H and O–H groups in total. The van der Waals surface area contributed by atoms with E-state index in [2.05, 4.69) is 11.6 Å². The number of anilines is 2. The fraction of sp³-hybridized carbons (Fsp3) is 0.0714. The van der Waals surface area contributed by atoms with Gasteiger partial charge in [0.15, 0.2) is 0 Å². The Labute approximate surface area is 101 Å². The van der Waals surface area contributed by atoms with Gasteiger partial charge < -0.3 is 10.6 Å². The second-order valence-electron chi connectivity index (χ2n) is 3.81. The summed E-state index contributed by atoms with van der Waals surface area (Å²) in [6.07, 6.45) is 3.53. The van der Waals surface area contributed by atoms with Crippen LogP contribution >= 0.6 is 0 Å². The predicted octanol–water partition coefficient (Wildman–Crippen LogP) is 2.77. The highest BCUT2D eigenvalue weighted by Gasteiger charge is 2.09. The first kappa shape index (κ1) is 11.2. The van der Waals surface area contributed by atoms with Crippen molar-refractivity contribution in [3.63, 3.8) is 0 Å². The van der Waals surface area contributed by atoms with Gasteiger partial charge in [-0.05, 0) is 24.3 Å². The van der Waals surface area contributed by atoms with Crippen LogP contribution in [0.1, 0.15) is 5.56 Å². The van der Waals surface area contributed by atoms with E-state index in [9.17, 15) is 0 Å². The zero-order chi connectivity index (χ0) is 12.3. The van der Waals surface area contributed by atoms with Gasteiger partial charge in [-0.25, -0.2) is 0 Å². The molecule has 3 nitrogen and oxygen atoms in total. The van der Waals surface area contributed by atoms with E-state index in [-0.39, 0.29) is 0 Å². The molecular formula is C14H15N3. The average molecular weight is 225 g/mol. The van der Waals surface area contributed by atoms with Crippen molar-refractivity contribution in [2.45, 2.75) is 0 Å². The van der Waals surface area contributed by atoms with Crippen LogP contribution in [-0.2, 0) is 0 Å². The van der Waals surface area contributed by atoms with Gasteiger partial charge in [0, 0.05) is 30.7 Å². The van der Waals surface area contributed by atoms with E-state index in [1.807, 2.05) is 48.3 Å². The van der Waals surface area contributed by atoms with E-state index in [1.54, 1.807) is 12.4 Å². The van der Waals surface area contributed by atoms with E-state index in [1.165, 1.54) is 0 Å². The molecule has 1 aromatic carbocycles. The molecule has 3 heteroatoms. The number of aromatic nitrogens is 1. The van der Waals surface area contributed by atoms with E-state index < -0.39 is 0 Å². The molecule has 0 aliphatic carbocycles. The van der Waals surface area contributed by atoms with Crippen LogP contribution in [0.5, 0.6) is 0 Å². The van der Waals surface area contributed by atoms with E-state index in [0.717, 1.165) is 22.6 Å². The molecule has 2 rings (SSSR count). The second kappa shape index (κ2) is 4.70. The summed E-state index contributed by atoms with van der Waals surface area (Å²) in [6.45, 7) is 4.07. The number of pyridine rings is 1. The third kappa shape index (κ3) is 2.28. The molecule has 0 fully saturated rings. The Morgan fingerprint density at radius 1 is 1.24 bits per heavy atom. The van der Waals surface area contributed by atoms with Gasteiger partial charge in [-0.3, -0.25) is 4.98 Å². The van der Waals surface area contributed by atoms with Crippen molar-refractivity contribution in [3.8, 4) is 0 Å². The fourth-order valence-electron chi connectivity index (χ4n) is 1.67. The zero-order valence-corrected chi connectivity index (χ0v) is 9.80. The molecule has 2 aromatic rings. The van der Waals surface area contributed by atoms with E-state index in [0.29, 0.717) is 0 Å².